The van der Waals surface area contributed by atoms with E-state index in [1.54, 1.807) is 12.1 Å². The van der Waals surface area contributed by atoms with E-state index in [-0.39, 0.29) is 20.4 Å². The monoisotopic (exact) mass is 378 g/mol. The summed E-state index contributed by atoms with van der Waals surface area (Å²) in [6.07, 6.45) is 0. The van der Waals surface area contributed by atoms with Gasteiger partial charge in [0.25, 0.3) is 0 Å². The molecule has 0 bridgehead atoms. The molecular weight excluding hydrogens is 362 g/mol. The van der Waals surface area contributed by atoms with Crippen LogP contribution < -0.4 is 4.74 Å². The predicted octanol–water partition coefficient (Wildman–Crippen LogP) is 2.89. The van der Waals surface area contributed by atoms with Gasteiger partial charge >= 0.3 is 0 Å². The summed E-state index contributed by atoms with van der Waals surface area (Å²) in [4.78, 5) is 9.95. The molecule has 0 aromatic heterocycles. The standard InChI is InChI=1S/C12H15O2.Re/c1-9(2)10(3)11-4-6-12(7-5-11)14-8-13;/h4-7,9-10H,1-3H3;/q-1;. The summed E-state index contributed by atoms with van der Waals surface area (Å²) in [7, 11) is 0. The first kappa shape index (κ1) is 14.4. The van der Waals surface area contributed by atoms with Crippen molar-refractivity contribution in [1.29, 1.82) is 0 Å². The molecule has 0 heterocycles. The fourth-order valence-corrected chi connectivity index (χ4v) is 1.27. The topological polar surface area (TPSA) is 26.3 Å². The first-order valence-corrected chi connectivity index (χ1v) is 4.79. The van der Waals surface area contributed by atoms with Gasteiger partial charge in [-0.1, -0.05) is 32.9 Å². The van der Waals surface area contributed by atoms with E-state index < -0.39 is 0 Å². The zero-order valence-corrected chi connectivity index (χ0v) is 11.9. The normalized spacial score (nSPS) is 11.7. The van der Waals surface area contributed by atoms with Crippen LogP contribution in [0.25, 0.3) is 0 Å². The Balaban J connectivity index is 0.00000196. The van der Waals surface area contributed by atoms with E-state index in [1.807, 2.05) is 12.1 Å². The van der Waals surface area contributed by atoms with Gasteiger partial charge < -0.3 is 9.53 Å². The van der Waals surface area contributed by atoms with Crippen molar-refractivity contribution in [3.63, 3.8) is 0 Å². The minimum absolute atomic E-state index is 0. The molecule has 1 aromatic carbocycles. The van der Waals surface area contributed by atoms with Crippen LogP contribution >= 0.6 is 0 Å². The Morgan fingerprint density at radius 3 is 2.07 bits per heavy atom. The van der Waals surface area contributed by atoms with Crippen molar-refractivity contribution in [3.05, 3.63) is 29.8 Å². The first-order valence-electron chi connectivity index (χ1n) is 4.79. The van der Waals surface area contributed by atoms with Gasteiger partial charge in [0.1, 0.15) is 0 Å². The van der Waals surface area contributed by atoms with Crippen molar-refractivity contribution >= 4 is 6.47 Å². The molecule has 0 aliphatic carbocycles. The predicted molar refractivity (Wildman–Crippen MR) is 56.0 cm³/mol. The molecule has 15 heavy (non-hydrogen) atoms. The number of benzene rings is 1. The van der Waals surface area contributed by atoms with Crippen LogP contribution in [0.15, 0.2) is 24.3 Å². The van der Waals surface area contributed by atoms with Crippen LogP contribution in [0.1, 0.15) is 32.3 Å². The zero-order valence-electron chi connectivity index (χ0n) is 9.16. The third kappa shape index (κ3) is 4.15. The van der Waals surface area contributed by atoms with Gasteiger partial charge in [-0.2, -0.15) is 0 Å². The molecule has 0 saturated heterocycles. The summed E-state index contributed by atoms with van der Waals surface area (Å²) in [6, 6.07) is 7.55. The fourth-order valence-electron chi connectivity index (χ4n) is 1.27. The molecule has 0 aliphatic rings. The molecule has 0 saturated carbocycles. The van der Waals surface area contributed by atoms with Crippen molar-refractivity contribution in [2.45, 2.75) is 26.7 Å². The quantitative estimate of drug-likeness (QED) is 0.755. The smallest absolute Gasteiger partial charge is 0.170 e. The molecule has 2 nitrogen and oxygen atoms in total. The SMILES string of the molecule is CC(C)C(C)c1ccc(O[C-]=O)cc1.[Re]. The number of hydrogen-bond acceptors (Lipinski definition) is 2. The van der Waals surface area contributed by atoms with Gasteiger partial charge in [0.2, 0.25) is 0 Å². The van der Waals surface area contributed by atoms with Crippen LogP contribution in [-0.4, -0.2) is 6.47 Å². The third-order valence-electron chi connectivity index (χ3n) is 2.57. The fraction of sp³-hybridized carbons (Fsp3) is 0.417. The molecule has 0 amide bonds. The summed E-state index contributed by atoms with van der Waals surface area (Å²) < 4.78 is 4.60. The Kier molecular flexibility index (Phi) is 6.47. The summed E-state index contributed by atoms with van der Waals surface area (Å²) >= 11 is 0. The van der Waals surface area contributed by atoms with E-state index in [0.29, 0.717) is 17.6 Å². The van der Waals surface area contributed by atoms with Gasteiger partial charge in [-0.15, -0.1) is 12.1 Å². The average Bonchev–Trinajstić information content (AvgIpc) is 2.18. The van der Waals surface area contributed by atoms with Gasteiger partial charge in [0.05, 0.1) is 0 Å². The number of hydrogen-bond donors (Lipinski definition) is 0. The molecule has 0 N–H and O–H groups in total. The number of rotatable bonds is 4. The zero-order chi connectivity index (χ0) is 10.6. The summed E-state index contributed by atoms with van der Waals surface area (Å²) in [5.74, 6) is 1.67. The van der Waals surface area contributed by atoms with Crippen molar-refractivity contribution in [2.75, 3.05) is 0 Å². The van der Waals surface area contributed by atoms with E-state index in [1.165, 1.54) is 12.0 Å². The van der Waals surface area contributed by atoms with Crippen LogP contribution in [-0.2, 0) is 25.2 Å². The van der Waals surface area contributed by atoms with Crippen LogP contribution in [0.4, 0.5) is 0 Å². The Hall–Kier alpha value is -0.648. The molecule has 0 spiro atoms. The first-order chi connectivity index (χ1) is 6.65. The Labute approximate surface area is 105 Å². The van der Waals surface area contributed by atoms with Gasteiger partial charge in [-0.05, 0) is 23.1 Å². The molecule has 1 radical (unpaired) electrons. The van der Waals surface area contributed by atoms with Crippen molar-refractivity contribution in [2.24, 2.45) is 5.92 Å². The summed E-state index contributed by atoms with van der Waals surface area (Å²) in [6.45, 7) is 7.97. The molecular formula is C12H15O2Re-. The van der Waals surface area contributed by atoms with Crippen LogP contribution in [0.2, 0.25) is 0 Å². The van der Waals surface area contributed by atoms with E-state index in [4.69, 9.17) is 0 Å². The van der Waals surface area contributed by atoms with Gasteiger partial charge in [-0.25, -0.2) is 0 Å². The average molecular weight is 377 g/mol. The summed E-state index contributed by atoms with van der Waals surface area (Å²) in [5.41, 5.74) is 1.26. The molecule has 1 aromatic rings. The van der Waals surface area contributed by atoms with E-state index in [0.717, 1.165) is 0 Å². The molecule has 1 unspecified atom stereocenters. The maximum atomic E-state index is 9.95. The summed E-state index contributed by atoms with van der Waals surface area (Å²) in [5, 5.41) is 0. The van der Waals surface area contributed by atoms with E-state index >= 15 is 0 Å². The molecule has 1 atom stereocenters. The van der Waals surface area contributed by atoms with E-state index in [9.17, 15) is 4.79 Å². The number of ether oxygens (including phenoxy) is 1. The number of carbonyl (C=O) groups excluding carboxylic acids is 1. The maximum absolute atomic E-state index is 9.95. The second-order valence-corrected chi connectivity index (χ2v) is 3.79. The Morgan fingerprint density at radius 1 is 1.13 bits per heavy atom. The maximum Gasteiger partial charge on any atom is 0.170 e. The largest absolute Gasteiger partial charge is 0.610 e. The van der Waals surface area contributed by atoms with Crippen LogP contribution in [0.5, 0.6) is 5.75 Å². The van der Waals surface area contributed by atoms with Crippen molar-refractivity contribution < 1.29 is 30.0 Å². The van der Waals surface area contributed by atoms with Gasteiger partial charge in [0, 0.05) is 20.4 Å². The molecule has 3 heteroatoms. The van der Waals surface area contributed by atoms with Gasteiger partial charge in [0.15, 0.2) is 6.47 Å². The van der Waals surface area contributed by atoms with Crippen molar-refractivity contribution in [3.8, 4) is 5.75 Å². The second-order valence-electron chi connectivity index (χ2n) is 3.79. The van der Waals surface area contributed by atoms with Gasteiger partial charge in [-0.3, -0.25) is 0 Å². The minimum Gasteiger partial charge on any atom is -0.610 e. The van der Waals surface area contributed by atoms with E-state index in [2.05, 4.69) is 25.5 Å². The van der Waals surface area contributed by atoms with Crippen LogP contribution in [0, 0.1) is 5.92 Å². The van der Waals surface area contributed by atoms with Crippen LogP contribution in [0.3, 0.4) is 0 Å². The third-order valence-corrected chi connectivity index (χ3v) is 2.57. The molecule has 1 rings (SSSR count). The molecule has 0 aliphatic heterocycles. The second kappa shape index (κ2) is 6.77. The Bertz CT molecular complexity index is 293. The molecule has 83 valence electrons. The van der Waals surface area contributed by atoms with Crippen molar-refractivity contribution in [1.82, 2.24) is 0 Å². The molecule has 0 fully saturated rings. The minimum atomic E-state index is 0. The Morgan fingerprint density at radius 2 is 1.67 bits per heavy atom.